The van der Waals surface area contributed by atoms with E-state index in [9.17, 15) is 17.6 Å². The Hall–Kier alpha value is -1.18. The minimum atomic E-state index is -3.62. The fourth-order valence-corrected chi connectivity index (χ4v) is 1.87. The summed E-state index contributed by atoms with van der Waals surface area (Å²) in [5, 5.41) is 7.23. The number of hydrogen-bond donors (Lipinski definition) is 2. The minimum absolute atomic E-state index is 0.0762. The normalized spacial score (nSPS) is 11.3. The summed E-state index contributed by atoms with van der Waals surface area (Å²) in [6.45, 7) is -0.121. The van der Waals surface area contributed by atoms with E-state index in [4.69, 9.17) is 16.7 Å². The molecular formula is C10H12ClFN2O3S. The smallest absolute Gasteiger partial charge is 0.224 e. The van der Waals surface area contributed by atoms with E-state index in [0.29, 0.717) is 0 Å². The summed E-state index contributed by atoms with van der Waals surface area (Å²) in [5.74, 6) is -1.47. The van der Waals surface area contributed by atoms with Gasteiger partial charge in [-0.3, -0.25) is 4.79 Å². The van der Waals surface area contributed by atoms with Gasteiger partial charge in [-0.1, -0.05) is 17.7 Å². The van der Waals surface area contributed by atoms with Crippen molar-refractivity contribution in [2.24, 2.45) is 5.14 Å². The fraction of sp³-hybridized carbons (Fsp3) is 0.300. The van der Waals surface area contributed by atoms with E-state index in [2.05, 4.69) is 5.32 Å². The predicted octanol–water partition coefficient (Wildman–Crippen LogP) is 0.426. The first kappa shape index (κ1) is 14.9. The first-order chi connectivity index (χ1) is 8.29. The van der Waals surface area contributed by atoms with Crippen molar-refractivity contribution in [3.8, 4) is 0 Å². The third-order valence-electron chi connectivity index (χ3n) is 2.11. The quantitative estimate of drug-likeness (QED) is 0.825. The summed E-state index contributed by atoms with van der Waals surface area (Å²) in [5.41, 5.74) is 0.0762. The van der Waals surface area contributed by atoms with Gasteiger partial charge in [-0.25, -0.2) is 17.9 Å². The zero-order valence-electron chi connectivity index (χ0n) is 9.32. The Bertz CT molecular complexity index is 528. The molecule has 1 aromatic rings. The van der Waals surface area contributed by atoms with Gasteiger partial charge in [-0.05, 0) is 12.1 Å². The van der Waals surface area contributed by atoms with Gasteiger partial charge >= 0.3 is 0 Å². The molecule has 0 unspecified atom stereocenters. The van der Waals surface area contributed by atoms with Crippen LogP contribution in [-0.4, -0.2) is 26.6 Å². The lowest BCUT2D eigenvalue weighted by Crippen LogP contribution is -2.32. The molecule has 0 saturated heterocycles. The van der Waals surface area contributed by atoms with Gasteiger partial charge < -0.3 is 5.32 Å². The second-order valence-electron chi connectivity index (χ2n) is 3.59. The molecule has 0 aliphatic heterocycles. The largest absolute Gasteiger partial charge is 0.355 e. The van der Waals surface area contributed by atoms with Crippen LogP contribution in [0.3, 0.4) is 0 Å². The molecule has 0 saturated carbocycles. The van der Waals surface area contributed by atoms with Crippen LogP contribution in [0, 0.1) is 5.82 Å². The summed E-state index contributed by atoms with van der Waals surface area (Å²) in [6.07, 6.45) is -0.254. The Balaban J connectivity index is 2.55. The van der Waals surface area contributed by atoms with E-state index in [1.54, 1.807) is 0 Å². The lowest BCUT2D eigenvalue weighted by molar-refractivity contribution is -0.120. The molecule has 0 radical (unpaired) electrons. The van der Waals surface area contributed by atoms with Crippen LogP contribution in [0.2, 0.25) is 5.02 Å². The highest BCUT2D eigenvalue weighted by Gasteiger charge is 2.12. The first-order valence-corrected chi connectivity index (χ1v) is 7.09. The van der Waals surface area contributed by atoms with Gasteiger partial charge in [0.05, 0.1) is 12.2 Å². The number of sulfonamides is 1. The molecule has 0 fully saturated rings. The second-order valence-corrected chi connectivity index (χ2v) is 5.74. The van der Waals surface area contributed by atoms with Crippen LogP contribution in [0.15, 0.2) is 18.2 Å². The molecule has 3 N–H and O–H groups in total. The standard InChI is InChI=1S/C10H12ClFN2O3S/c11-8-2-1-3-9(12)7(8)6-10(15)14-4-5-18(13,16)17/h1-3H,4-6H2,(H,14,15)(H2,13,16,17). The monoisotopic (exact) mass is 294 g/mol. The predicted molar refractivity (Wildman–Crippen MR) is 66.1 cm³/mol. The van der Waals surface area contributed by atoms with E-state index in [-0.39, 0.29) is 29.3 Å². The Morgan fingerprint density at radius 1 is 1.44 bits per heavy atom. The van der Waals surface area contributed by atoms with Gasteiger partial charge in [0.2, 0.25) is 15.9 Å². The lowest BCUT2D eigenvalue weighted by atomic mass is 10.1. The topological polar surface area (TPSA) is 89.3 Å². The lowest BCUT2D eigenvalue weighted by Gasteiger charge is -2.06. The minimum Gasteiger partial charge on any atom is -0.355 e. The molecular weight excluding hydrogens is 283 g/mol. The van der Waals surface area contributed by atoms with Crippen LogP contribution < -0.4 is 10.5 Å². The number of carbonyl (C=O) groups excluding carboxylic acids is 1. The highest BCUT2D eigenvalue weighted by molar-refractivity contribution is 7.89. The number of hydrogen-bond acceptors (Lipinski definition) is 3. The zero-order valence-corrected chi connectivity index (χ0v) is 10.9. The fourth-order valence-electron chi connectivity index (χ4n) is 1.26. The SMILES string of the molecule is NS(=O)(=O)CCNC(=O)Cc1c(F)cccc1Cl. The molecule has 1 aromatic carbocycles. The number of benzene rings is 1. The number of primary sulfonamides is 1. The first-order valence-electron chi connectivity index (χ1n) is 4.99. The van der Waals surface area contributed by atoms with Crippen LogP contribution in [-0.2, 0) is 21.2 Å². The van der Waals surface area contributed by atoms with Crippen LogP contribution in [0.5, 0.6) is 0 Å². The maximum Gasteiger partial charge on any atom is 0.224 e. The van der Waals surface area contributed by atoms with E-state index in [0.717, 1.165) is 0 Å². The Kier molecular flexibility index (Phi) is 5.06. The molecule has 8 heteroatoms. The van der Waals surface area contributed by atoms with Crippen molar-refractivity contribution >= 4 is 27.5 Å². The highest BCUT2D eigenvalue weighted by atomic mass is 35.5. The van der Waals surface area contributed by atoms with Gasteiger partial charge in [0.1, 0.15) is 5.82 Å². The van der Waals surface area contributed by atoms with Crippen molar-refractivity contribution in [2.75, 3.05) is 12.3 Å². The van der Waals surface area contributed by atoms with Gasteiger partial charge in [0.15, 0.2) is 0 Å². The van der Waals surface area contributed by atoms with Crippen LogP contribution >= 0.6 is 11.6 Å². The summed E-state index contributed by atoms with van der Waals surface area (Å²) >= 11 is 5.74. The molecule has 5 nitrogen and oxygen atoms in total. The van der Waals surface area contributed by atoms with Crippen molar-refractivity contribution in [1.82, 2.24) is 5.32 Å². The van der Waals surface area contributed by atoms with Crippen molar-refractivity contribution in [1.29, 1.82) is 0 Å². The van der Waals surface area contributed by atoms with Gasteiger partial charge in [-0.2, -0.15) is 0 Å². The molecule has 0 aromatic heterocycles. The summed E-state index contributed by atoms with van der Waals surface area (Å²) < 4.78 is 34.6. The van der Waals surface area contributed by atoms with E-state index >= 15 is 0 Å². The van der Waals surface area contributed by atoms with Crippen LogP contribution in [0.25, 0.3) is 0 Å². The Morgan fingerprint density at radius 2 is 2.11 bits per heavy atom. The molecule has 0 spiro atoms. The van der Waals surface area contributed by atoms with Crippen molar-refractivity contribution in [3.05, 3.63) is 34.6 Å². The number of amides is 1. The van der Waals surface area contributed by atoms with Crippen molar-refractivity contribution in [3.63, 3.8) is 0 Å². The third kappa shape index (κ3) is 4.99. The van der Waals surface area contributed by atoms with Gasteiger partial charge in [0.25, 0.3) is 0 Å². The Morgan fingerprint density at radius 3 is 2.67 bits per heavy atom. The van der Waals surface area contributed by atoms with E-state index in [1.807, 2.05) is 0 Å². The summed E-state index contributed by atoms with van der Waals surface area (Å²) in [6, 6.07) is 4.09. The van der Waals surface area contributed by atoms with Crippen molar-refractivity contribution in [2.45, 2.75) is 6.42 Å². The van der Waals surface area contributed by atoms with Crippen molar-refractivity contribution < 1.29 is 17.6 Å². The third-order valence-corrected chi connectivity index (χ3v) is 3.24. The van der Waals surface area contributed by atoms with E-state index in [1.165, 1.54) is 18.2 Å². The van der Waals surface area contributed by atoms with E-state index < -0.39 is 21.7 Å². The number of carbonyl (C=O) groups is 1. The number of halogens is 2. The molecule has 0 heterocycles. The maximum absolute atomic E-state index is 13.3. The van der Waals surface area contributed by atoms with Crippen LogP contribution in [0.4, 0.5) is 4.39 Å². The number of rotatable bonds is 5. The number of nitrogens with two attached hydrogens (primary N) is 1. The maximum atomic E-state index is 13.3. The summed E-state index contributed by atoms with van der Waals surface area (Å²) in [7, 11) is -3.62. The average Bonchev–Trinajstić information content (AvgIpc) is 2.22. The molecule has 0 bridgehead atoms. The summed E-state index contributed by atoms with van der Waals surface area (Å²) in [4.78, 5) is 11.4. The molecule has 18 heavy (non-hydrogen) atoms. The van der Waals surface area contributed by atoms with Gasteiger partial charge in [0, 0.05) is 17.1 Å². The number of nitrogens with one attached hydrogen (secondary N) is 1. The molecule has 0 atom stereocenters. The zero-order chi connectivity index (χ0) is 13.8. The molecule has 0 aliphatic rings. The second kappa shape index (κ2) is 6.12. The molecule has 100 valence electrons. The molecule has 0 aliphatic carbocycles. The average molecular weight is 295 g/mol. The molecule has 1 rings (SSSR count). The Labute approximate surface area is 109 Å². The van der Waals surface area contributed by atoms with Crippen LogP contribution in [0.1, 0.15) is 5.56 Å². The van der Waals surface area contributed by atoms with Gasteiger partial charge in [-0.15, -0.1) is 0 Å². The molecule has 1 amide bonds. The highest BCUT2D eigenvalue weighted by Crippen LogP contribution is 2.19.